The molecule has 1 N–H and O–H groups in total. The fourth-order valence-electron chi connectivity index (χ4n) is 3.31. The summed E-state index contributed by atoms with van der Waals surface area (Å²) < 4.78 is 2.34. The Kier molecular flexibility index (Phi) is 3.50. The third-order valence-electron chi connectivity index (χ3n) is 4.22. The Balaban J connectivity index is 2.01. The molecule has 1 saturated carbocycles. The zero-order valence-electron chi connectivity index (χ0n) is 11.3. The van der Waals surface area contributed by atoms with Crippen molar-refractivity contribution in [3.05, 3.63) is 23.0 Å². The van der Waals surface area contributed by atoms with Crippen LogP contribution in [0.15, 0.2) is 6.08 Å². The number of nitrogens with zero attached hydrogens (tertiary/aromatic N) is 2. The summed E-state index contributed by atoms with van der Waals surface area (Å²) in [4.78, 5) is 0. The molecule has 1 aromatic heterocycles. The van der Waals surface area contributed by atoms with Crippen LogP contribution in [0, 0.1) is 0 Å². The molecule has 1 aliphatic heterocycles. The van der Waals surface area contributed by atoms with Gasteiger partial charge in [0.2, 0.25) is 0 Å². The monoisotopic (exact) mass is 245 g/mol. The van der Waals surface area contributed by atoms with Gasteiger partial charge in [-0.25, -0.2) is 0 Å². The SMILES string of the molecule is C/C=C/c1c2c(nn1C1CCCC1)CCNCC2. The smallest absolute Gasteiger partial charge is 0.0676 e. The predicted molar refractivity (Wildman–Crippen MR) is 74.7 cm³/mol. The molecule has 2 heterocycles. The highest BCUT2D eigenvalue weighted by molar-refractivity contribution is 5.52. The maximum Gasteiger partial charge on any atom is 0.0676 e. The van der Waals surface area contributed by atoms with Crippen LogP contribution in [0.25, 0.3) is 6.08 Å². The molecule has 0 unspecified atom stereocenters. The van der Waals surface area contributed by atoms with Gasteiger partial charge < -0.3 is 5.32 Å². The molecular weight excluding hydrogens is 222 g/mol. The van der Waals surface area contributed by atoms with Crippen LogP contribution < -0.4 is 5.32 Å². The average Bonchev–Trinajstić information content (AvgIpc) is 2.94. The quantitative estimate of drug-likeness (QED) is 0.868. The van der Waals surface area contributed by atoms with Gasteiger partial charge in [-0.15, -0.1) is 0 Å². The minimum absolute atomic E-state index is 0.649. The summed E-state index contributed by atoms with van der Waals surface area (Å²) in [6, 6.07) is 0.649. The topological polar surface area (TPSA) is 29.9 Å². The average molecular weight is 245 g/mol. The van der Waals surface area contributed by atoms with Crippen molar-refractivity contribution in [2.75, 3.05) is 13.1 Å². The van der Waals surface area contributed by atoms with Crippen molar-refractivity contribution in [3.8, 4) is 0 Å². The highest BCUT2D eigenvalue weighted by Gasteiger charge is 2.24. The molecule has 98 valence electrons. The van der Waals surface area contributed by atoms with Gasteiger partial charge in [-0.3, -0.25) is 4.68 Å². The van der Waals surface area contributed by atoms with Crippen LogP contribution in [0.1, 0.15) is 55.6 Å². The Bertz CT molecular complexity index is 439. The molecule has 0 bridgehead atoms. The lowest BCUT2D eigenvalue weighted by atomic mass is 10.1. The molecule has 3 nitrogen and oxygen atoms in total. The molecule has 0 saturated heterocycles. The van der Waals surface area contributed by atoms with Gasteiger partial charge in [0.15, 0.2) is 0 Å². The van der Waals surface area contributed by atoms with E-state index in [2.05, 4.69) is 29.1 Å². The molecule has 0 radical (unpaired) electrons. The van der Waals surface area contributed by atoms with E-state index in [1.165, 1.54) is 42.6 Å². The molecule has 3 heteroatoms. The van der Waals surface area contributed by atoms with Crippen molar-refractivity contribution in [2.45, 2.75) is 51.5 Å². The summed E-state index contributed by atoms with van der Waals surface area (Å²) in [5.74, 6) is 0. The minimum atomic E-state index is 0.649. The van der Waals surface area contributed by atoms with E-state index in [4.69, 9.17) is 5.10 Å². The predicted octanol–water partition coefficient (Wildman–Crippen LogP) is 2.72. The normalized spacial score (nSPS) is 21.4. The first-order valence-electron chi connectivity index (χ1n) is 7.34. The number of fused-ring (bicyclic) bond motifs is 1. The zero-order valence-corrected chi connectivity index (χ0v) is 11.3. The number of allylic oxidation sites excluding steroid dienone is 1. The van der Waals surface area contributed by atoms with Crippen LogP contribution >= 0.6 is 0 Å². The van der Waals surface area contributed by atoms with Crippen molar-refractivity contribution >= 4 is 6.08 Å². The van der Waals surface area contributed by atoms with Crippen molar-refractivity contribution in [1.29, 1.82) is 0 Å². The molecule has 3 rings (SSSR count). The second-order valence-corrected chi connectivity index (χ2v) is 5.44. The fraction of sp³-hybridized carbons (Fsp3) is 0.667. The summed E-state index contributed by atoms with van der Waals surface area (Å²) in [6.45, 7) is 4.27. The van der Waals surface area contributed by atoms with E-state index in [9.17, 15) is 0 Å². The number of aromatic nitrogens is 2. The van der Waals surface area contributed by atoms with Gasteiger partial charge in [0.1, 0.15) is 0 Å². The molecule has 1 aromatic rings. The Hall–Kier alpha value is -1.09. The second-order valence-electron chi connectivity index (χ2n) is 5.44. The van der Waals surface area contributed by atoms with Crippen molar-refractivity contribution in [1.82, 2.24) is 15.1 Å². The van der Waals surface area contributed by atoms with Crippen LogP contribution in [-0.4, -0.2) is 22.9 Å². The fourth-order valence-corrected chi connectivity index (χ4v) is 3.31. The number of nitrogens with one attached hydrogen (secondary N) is 1. The van der Waals surface area contributed by atoms with Gasteiger partial charge in [-0.2, -0.15) is 5.10 Å². The molecule has 1 fully saturated rings. The van der Waals surface area contributed by atoms with Crippen LogP contribution in [0.4, 0.5) is 0 Å². The first-order valence-corrected chi connectivity index (χ1v) is 7.34. The van der Waals surface area contributed by atoms with E-state index in [1.807, 2.05) is 0 Å². The number of hydrogen-bond donors (Lipinski definition) is 1. The minimum Gasteiger partial charge on any atom is -0.316 e. The van der Waals surface area contributed by atoms with E-state index < -0.39 is 0 Å². The molecule has 0 atom stereocenters. The largest absolute Gasteiger partial charge is 0.316 e. The van der Waals surface area contributed by atoms with Gasteiger partial charge in [0.25, 0.3) is 0 Å². The maximum absolute atomic E-state index is 4.94. The van der Waals surface area contributed by atoms with Gasteiger partial charge in [0.05, 0.1) is 17.4 Å². The summed E-state index contributed by atoms with van der Waals surface area (Å²) >= 11 is 0. The van der Waals surface area contributed by atoms with E-state index in [0.29, 0.717) is 6.04 Å². The number of hydrogen-bond acceptors (Lipinski definition) is 2. The van der Waals surface area contributed by atoms with Crippen LogP contribution in [0.3, 0.4) is 0 Å². The van der Waals surface area contributed by atoms with Crippen molar-refractivity contribution < 1.29 is 0 Å². The summed E-state index contributed by atoms with van der Waals surface area (Å²) in [5.41, 5.74) is 4.20. The Morgan fingerprint density at radius 3 is 2.78 bits per heavy atom. The summed E-state index contributed by atoms with van der Waals surface area (Å²) in [7, 11) is 0. The Labute approximate surface area is 109 Å². The van der Waals surface area contributed by atoms with Gasteiger partial charge in [-0.05, 0) is 38.8 Å². The molecule has 18 heavy (non-hydrogen) atoms. The van der Waals surface area contributed by atoms with Crippen molar-refractivity contribution in [2.24, 2.45) is 0 Å². The van der Waals surface area contributed by atoms with E-state index in [1.54, 1.807) is 0 Å². The molecular formula is C15H23N3. The second kappa shape index (κ2) is 5.27. The lowest BCUT2D eigenvalue weighted by Gasteiger charge is -2.13. The van der Waals surface area contributed by atoms with Crippen LogP contribution in [0.5, 0.6) is 0 Å². The Morgan fingerprint density at radius 2 is 2.00 bits per heavy atom. The lowest BCUT2D eigenvalue weighted by Crippen LogP contribution is -2.18. The van der Waals surface area contributed by atoms with E-state index in [-0.39, 0.29) is 0 Å². The van der Waals surface area contributed by atoms with Gasteiger partial charge in [-0.1, -0.05) is 18.9 Å². The summed E-state index contributed by atoms with van der Waals surface area (Å²) in [6.07, 6.45) is 12.0. The van der Waals surface area contributed by atoms with Gasteiger partial charge in [0, 0.05) is 18.5 Å². The molecule has 1 aliphatic carbocycles. The third kappa shape index (κ3) is 2.12. The molecule has 0 amide bonds. The van der Waals surface area contributed by atoms with Gasteiger partial charge >= 0.3 is 0 Å². The molecule has 0 spiro atoms. The highest BCUT2D eigenvalue weighted by Crippen LogP contribution is 2.32. The summed E-state index contributed by atoms with van der Waals surface area (Å²) in [5, 5.41) is 8.40. The standard InChI is InChI=1S/C15H23N3/c1-2-5-15-13-8-10-16-11-9-14(13)17-18(15)12-6-3-4-7-12/h2,5,12,16H,3-4,6-11H2,1H3/b5-2+. The number of rotatable bonds is 2. The lowest BCUT2D eigenvalue weighted by molar-refractivity contribution is 0.458. The van der Waals surface area contributed by atoms with Crippen LogP contribution in [0.2, 0.25) is 0 Å². The molecule has 0 aromatic carbocycles. The zero-order chi connectivity index (χ0) is 12.4. The third-order valence-corrected chi connectivity index (χ3v) is 4.22. The molecule has 2 aliphatic rings. The highest BCUT2D eigenvalue weighted by atomic mass is 15.3. The van der Waals surface area contributed by atoms with Crippen LogP contribution in [-0.2, 0) is 12.8 Å². The first-order chi connectivity index (χ1) is 8.90. The van der Waals surface area contributed by atoms with E-state index in [0.717, 1.165) is 25.9 Å². The first kappa shape index (κ1) is 12.0. The maximum atomic E-state index is 4.94. The van der Waals surface area contributed by atoms with E-state index >= 15 is 0 Å². The Morgan fingerprint density at radius 1 is 1.22 bits per heavy atom. The van der Waals surface area contributed by atoms with Crippen molar-refractivity contribution in [3.63, 3.8) is 0 Å².